The van der Waals surface area contributed by atoms with E-state index in [1.54, 1.807) is 59.3 Å². The second-order valence-corrected chi connectivity index (χ2v) is 6.39. The highest BCUT2D eigenvalue weighted by molar-refractivity contribution is 6.42. The lowest BCUT2D eigenvalue weighted by molar-refractivity contribution is -0.112. The number of phenols is 1. The van der Waals surface area contributed by atoms with Gasteiger partial charge in [0.2, 0.25) is 0 Å². The van der Waals surface area contributed by atoms with Crippen molar-refractivity contribution >= 4 is 40.9 Å². The maximum Gasteiger partial charge on any atom is 0.266 e. The fourth-order valence-corrected chi connectivity index (χ4v) is 2.73. The van der Waals surface area contributed by atoms with Crippen molar-refractivity contribution in [2.24, 2.45) is 0 Å². The summed E-state index contributed by atoms with van der Waals surface area (Å²) < 4.78 is 1.79. The summed E-state index contributed by atoms with van der Waals surface area (Å²) >= 11 is 11.8. The maximum atomic E-state index is 12.4. The molecule has 3 aromatic rings. The molecule has 5 nitrogen and oxygen atoms in total. The fourth-order valence-electron chi connectivity index (χ4n) is 2.43. The van der Waals surface area contributed by atoms with Crippen LogP contribution in [0.15, 0.2) is 66.4 Å². The predicted molar refractivity (Wildman–Crippen MR) is 106 cm³/mol. The van der Waals surface area contributed by atoms with E-state index in [0.717, 1.165) is 5.69 Å². The second-order valence-electron chi connectivity index (χ2n) is 5.57. The average molecular weight is 398 g/mol. The smallest absolute Gasteiger partial charge is 0.266 e. The summed E-state index contributed by atoms with van der Waals surface area (Å²) in [6, 6.07) is 16.7. The van der Waals surface area contributed by atoms with Crippen molar-refractivity contribution < 1.29 is 9.90 Å². The van der Waals surface area contributed by atoms with E-state index in [2.05, 4.69) is 5.32 Å². The van der Waals surface area contributed by atoms with Gasteiger partial charge < -0.3 is 15.0 Å². The molecule has 0 aliphatic carbocycles. The number of carbonyl (C=O) groups is 1. The van der Waals surface area contributed by atoms with E-state index in [9.17, 15) is 15.2 Å². The number of amides is 1. The number of phenolic OH excluding ortho intramolecular Hbond substituents is 1. The number of nitriles is 1. The number of carbonyl (C=O) groups excluding carboxylic acids is 1. The Kier molecular flexibility index (Phi) is 5.51. The van der Waals surface area contributed by atoms with Crippen LogP contribution in [0.4, 0.5) is 5.69 Å². The molecule has 1 amide bonds. The van der Waals surface area contributed by atoms with Crippen LogP contribution in [0.1, 0.15) is 5.69 Å². The van der Waals surface area contributed by atoms with Gasteiger partial charge in [-0.15, -0.1) is 0 Å². The average Bonchev–Trinajstić information content (AvgIpc) is 3.11. The molecule has 2 N–H and O–H groups in total. The maximum absolute atomic E-state index is 12.4. The number of aromatic nitrogens is 1. The minimum Gasteiger partial charge on any atom is -0.508 e. The predicted octanol–water partition coefficient (Wildman–Crippen LogP) is 5.04. The lowest BCUT2D eigenvalue weighted by Crippen LogP contribution is -2.13. The van der Waals surface area contributed by atoms with Gasteiger partial charge in [-0.1, -0.05) is 23.2 Å². The number of aromatic hydroxyl groups is 1. The van der Waals surface area contributed by atoms with E-state index >= 15 is 0 Å². The summed E-state index contributed by atoms with van der Waals surface area (Å²) in [6.45, 7) is 0. The molecule has 0 aliphatic rings. The molecule has 27 heavy (non-hydrogen) atoms. The van der Waals surface area contributed by atoms with Crippen LogP contribution in [0.2, 0.25) is 10.0 Å². The van der Waals surface area contributed by atoms with Crippen LogP contribution < -0.4 is 5.32 Å². The number of benzene rings is 2. The number of halogens is 2. The van der Waals surface area contributed by atoms with Crippen molar-refractivity contribution in [1.82, 2.24) is 4.57 Å². The van der Waals surface area contributed by atoms with E-state index in [4.69, 9.17) is 23.2 Å². The fraction of sp³-hybridized carbons (Fsp3) is 0. The molecular weight excluding hydrogens is 385 g/mol. The van der Waals surface area contributed by atoms with E-state index < -0.39 is 5.91 Å². The molecule has 0 bridgehead atoms. The van der Waals surface area contributed by atoms with Gasteiger partial charge in [-0.3, -0.25) is 4.79 Å². The molecule has 0 spiro atoms. The number of nitrogens with zero attached hydrogens (tertiary/aromatic N) is 2. The minimum atomic E-state index is -0.561. The molecule has 0 atom stereocenters. The SMILES string of the molecule is N#C/C(=C\c1cccn1-c1ccc(O)cc1)C(=O)Nc1ccc(Cl)c(Cl)c1. The van der Waals surface area contributed by atoms with Gasteiger partial charge in [0.25, 0.3) is 5.91 Å². The molecule has 1 heterocycles. The minimum absolute atomic E-state index is 0.0696. The van der Waals surface area contributed by atoms with E-state index in [1.807, 2.05) is 6.07 Å². The summed E-state index contributed by atoms with van der Waals surface area (Å²) in [5, 5.41) is 22.1. The van der Waals surface area contributed by atoms with Crippen LogP contribution in [0.5, 0.6) is 5.75 Å². The van der Waals surface area contributed by atoms with Gasteiger partial charge in [-0.05, 0) is 60.7 Å². The Bertz CT molecular complexity index is 1060. The zero-order valence-electron chi connectivity index (χ0n) is 13.9. The van der Waals surface area contributed by atoms with Crippen molar-refractivity contribution in [3.05, 3.63) is 82.1 Å². The quantitative estimate of drug-likeness (QED) is 0.478. The Hall–Kier alpha value is -3.20. The van der Waals surface area contributed by atoms with E-state index in [-0.39, 0.29) is 11.3 Å². The Balaban J connectivity index is 1.87. The first kappa shape index (κ1) is 18.6. The van der Waals surface area contributed by atoms with Crippen molar-refractivity contribution in [3.63, 3.8) is 0 Å². The number of hydrogen-bond donors (Lipinski definition) is 2. The second kappa shape index (κ2) is 8.00. The highest BCUT2D eigenvalue weighted by Crippen LogP contribution is 2.25. The van der Waals surface area contributed by atoms with Crippen LogP contribution in [0.3, 0.4) is 0 Å². The number of hydrogen-bond acceptors (Lipinski definition) is 3. The van der Waals surface area contributed by atoms with Crippen LogP contribution in [0.25, 0.3) is 11.8 Å². The normalized spacial score (nSPS) is 11.1. The number of nitrogens with one attached hydrogen (secondary N) is 1. The van der Waals surface area contributed by atoms with Gasteiger partial charge in [0.15, 0.2) is 0 Å². The molecule has 0 aliphatic heterocycles. The molecule has 0 saturated carbocycles. The largest absolute Gasteiger partial charge is 0.508 e. The summed E-state index contributed by atoms with van der Waals surface area (Å²) in [5.41, 5.74) is 1.79. The first-order valence-corrected chi connectivity index (χ1v) is 8.58. The Morgan fingerprint density at radius 1 is 1.11 bits per heavy atom. The van der Waals surface area contributed by atoms with Crippen LogP contribution >= 0.6 is 23.2 Å². The highest BCUT2D eigenvalue weighted by Gasteiger charge is 2.12. The van der Waals surface area contributed by atoms with Crippen LogP contribution in [-0.4, -0.2) is 15.6 Å². The first-order valence-electron chi connectivity index (χ1n) is 7.83. The summed E-state index contributed by atoms with van der Waals surface area (Å²) in [5.74, 6) is -0.406. The number of anilines is 1. The number of rotatable bonds is 4. The van der Waals surface area contributed by atoms with Gasteiger partial charge in [-0.25, -0.2) is 0 Å². The Morgan fingerprint density at radius 2 is 1.85 bits per heavy atom. The Morgan fingerprint density at radius 3 is 2.52 bits per heavy atom. The van der Waals surface area contributed by atoms with Gasteiger partial charge in [-0.2, -0.15) is 5.26 Å². The molecular formula is C20H13Cl2N3O2. The van der Waals surface area contributed by atoms with E-state index in [1.165, 1.54) is 12.1 Å². The molecule has 0 unspecified atom stereocenters. The van der Waals surface area contributed by atoms with Crippen LogP contribution in [0, 0.1) is 11.3 Å². The highest BCUT2D eigenvalue weighted by atomic mass is 35.5. The van der Waals surface area contributed by atoms with Gasteiger partial charge in [0.05, 0.1) is 10.0 Å². The van der Waals surface area contributed by atoms with Crippen molar-refractivity contribution in [2.45, 2.75) is 0 Å². The summed E-state index contributed by atoms with van der Waals surface area (Å²) in [6.07, 6.45) is 3.28. The third-order valence-electron chi connectivity index (χ3n) is 3.74. The molecule has 134 valence electrons. The molecule has 3 rings (SSSR count). The first-order chi connectivity index (χ1) is 13.0. The molecule has 0 saturated heterocycles. The van der Waals surface area contributed by atoms with E-state index in [0.29, 0.717) is 21.4 Å². The molecule has 7 heteroatoms. The zero-order chi connectivity index (χ0) is 19.4. The molecule has 0 radical (unpaired) electrons. The van der Waals surface area contributed by atoms with Gasteiger partial charge in [0.1, 0.15) is 17.4 Å². The monoisotopic (exact) mass is 397 g/mol. The topological polar surface area (TPSA) is 78.1 Å². The summed E-state index contributed by atoms with van der Waals surface area (Å²) in [4.78, 5) is 12.4. The molecule has 2 aromatic carbocycles. The van der Waals surface area contributed by atoms with Crippen molar-refractivity contribution in [1.29, 1.82) is 5.26 Å². The summed E-state index contributed by atoms with van der Waals surface area (Å²) in [7, 11) is 0. The third kappa shape index (κ3) is 4.32. The van der Waals surface area contributed by atoms with Crippen molar-refractivity contribution in [3.8, 4) is 17.5 Å². The lowest BCUT2D eigenvalue weighted by Gasteiger charge is -2.08. The molecule has 0 fully saturated rings. The van der Waals surface area contributed by atoms with Gasteiger partial charge in [0, 0.05) is 23.3 Å². The zero-order valence-corrected chi connectivity index (χ0v) is 15.4. The lowest BCUT2D eigenvalue weighted by atomic mass is 10.2. The van der Waals surface area contributed by atoms with Gasteiger partial charge >= 0.3 is 0 Å². The Labute approximate surface area is 165 Å². The standard InChI is InChI=1S/C20H13Cl2N3O2/c21-18-8-3-14(11-19(18)22)24-20(27)13(12-23)10-16-2-1-9-25(16)15-4-6-17(26)7-5-15/h1-11,26H,(H,24,27)/b13-10+. The van der Waals surface area contributed by atoms with Crippen molar-refractivity contribution in [2.75, 3.05) is 5.32 Å². The molecule has 1 aromatic heterocycles. The van der Waals surface area contributed by atoms with Crippen LogP contribution in [-0.2, 0) is 4.79 Å². The third-order valence-corrected chi connectivity index (χ3v) is 4.48.